The summed E-state index contributed by atoms with van der Waals surface area (Å²) < 4.78 is 10.8. The molecule has 2 aromatic carbocycles. The van der Waals surface area contributed by atoms with Crippen molar-refractivity contribution in [2.24, 2.45) is 5.92 Å². The average Bonchev–Trinajstić information content (AvgIpc) is 2.72. The van der Waals surface area contributed by atoms with Crippen molar-refractivity contribution >= 4 is 17.5 Å². The first-order valence-electron chi connectivity index (χ1n) is 9.48. The number of ether oxygens (including phenoxy) is 2. The van der Waals surface area contributed by atoms with Gasteiger partial charge in [-0.2, -0.15) is 0 Å². The Balaban J connectivity index is 1.46. The lowest BCUT2D eigenvalue weighted by molar-refractivity contribution is -0.136. The highest BCUT2D eigenvalue weighted by atomic mass is 16.5. The van der Waals surface area contributed by atoms with E-state index in [0.717, 1.165) is 11.3 Å². The van der Waals surface area contributed by atoms with Gasteiger partial charge in [0.15, 0.2) is 18.1 Å². The number of para-hydroxylation sites is 2. The third kappa shape index (κ3) is 5.03. The van der Waals surface area contributed by atoms with E-state index >= 15 is 0 Å². The van der Waals surface area contributed by atoms with E-state index in [2.05, 4.69) is 5.32 Å². The third-order valence-corrected chi connectivity index (χ3v) is 4.92. The number of methoxy groups -OCH3 is 1. The summed E-state index contributed by atoms with van der Waals surface area (Å²) >= 11 is 0. The van der Waals surface area contributed by atoms with Crippen LogP contribution in [-0.2, 0) is 9.59 Å². The van der Waals surface area contributed by atoms with Crippen molar-refractivity contribution in [3.05, 3.63) is 54.1 Å². The number of amides is 2. The van der Waals surface area contributed by atoms with E-state index in [1.54, 1.807) is 24.1 Å². The maximum atomic E-state index is 12.5. The van der Waals surface area contributed by atoms with Gasteiger partial charge in [-0.05, 0) is 49.6 Å². The van der Waals surface area contributed by atoms with E-state index in [-0.39, 0.29) is 24.3 Å². The summed E-state index contributed by atoms with van der Waals surface area (Å²) in [4.78, 5) is 26.7. The molecule has 0 aliphatic carbocycles. The first-order chi connectivity index (χ1) is 13.6. The fourth-order valence-corrected chi connectivity index (χ4v) is 3.33. The first kappa shape index (κ1) is 19.7. The molecule has 2 amide bonds. The molecule has 6 nitrogen and oxygen atoms in total. The Morgan fingerprint density at radius 1 is 1.07 bits per heavy atom. The topological polar surface area (TPSA) is 67.9 Å². The third-order valence-electron chi connectivity index (χ3n) is 4.92. The number of rotatable bonds is 6. The molecule has 0 bridgehead atoms. The van der Waals surface area contributed by atoms with E-state index in [1.807, 2.05) is 43.3 Å². The van der Waals surface area contributed by atoms with Crippen LogP contribution in [0.1, 0.15) is 18.4 Å². The number of hydrogen-bond acceptors (Lipinski definition) is 4. The highest BCUT2D eigenvalue weighted by molar-refractivity contribution is 5.92. The van der Waals surface area contributed by atoms with Gasteiger partial charge >= 0.3 is 0 Å². The molecule has 1 heterocycles. The molecular weight excluding hydrogens is 356 g/mol. The van der Waals surface area contributed by atoms with Crippen molar-refractivity contribution in [1.82, 2.24) is 4.90 Å². The Bertz CT molecular complexity index is 829. The van der Waals surface area contributed by atoms with E-state index < -0.39 is 0 Å². The molecule has 1 saturated heterocycles. The van der Waals surface area contributed by atoms with Gasteiger partial charge in [0.2, 0.25) is 5.91 Å². The fraction of sp³-hybridized carbons (Fsp3) is 0.364. The summed E-state index contributed by atoms with van der Waals surface area (Å²) in [5.74, 6) is 0.999. The molecule has 0 spiro atoms. The van der Waals surface area contributed by atoms with Gasteiger partial charge in [0.1, 0.15) is 0 Å². The number of likely N-dealkylation sites (tertiary alicyclic amines) is 1. The minimum absolute atomic E-state index is 0.0166. The Labute approximate surface area is 165 Å². The predicted octanol–water partition coefficient (Wildman–Crippen LogP) is 3.26. The number of benzene rings is 2. The molecule has 0 unspecified atom stereocenters. The molecule has 3 rings (SSSR count). The maximum Gasteiger partial charge on any atom is 0.260 e. The van der Waals surface area contributed by atoms with E-state index in [0.29, 0.717) is 37.4 Å². The number of hydrogen-bond donors (Lipinski definition) is 1. The van der Waals surface area contributed by atoms with Crippen molar-refractivity contribution in [2.75, 3.05) is 32.1 Å². The van der Waals surface area contributed by atoms with Crippen LogP contribution in [0.4, 0.5) is 5.69 Å². The smallest absolute Gasteiger partial charge is 0.260 e. The van der Waals surface area contributed by atoms with Crippen LogP contribution < -0.4 is 14.8 Å². The summed E-state index contributed by atoms with van der Waals surface area (Å²) in [7, 11) is 1.57. The van der Waals surface area contributed by atoms with Gasteiger partial charge in [-0.25, -0.2) is 0 Å². The van der Waals surface area contributed by atoms with E-state index in [1.165, 1.54) is 0 Å². The Kier molecular flexibility index (Phi) is 6.53. The molecule has 2 aromatic rings. The molecule has 1 aliphatic heterocycles. The van der Waals surface area contributed by atoms with Crippen molar-refractivity contribution < 1.29 is 19.1 Å². The van der Waals surface area contributed by atoms with Gasteiger partial charge in [0.25, 0.3) is 5.91 Å². The summed E-state index contributed by atoms with van der Waals surface area (Å²) in [5.41, 5.74) is 1.92. The van der Waals surface area contributed by atoms with Crippen LogP contribution in [-0.4, -0.2) is 43.5 Å². The molecule has 1 aliphatic rings. The molecule has 1 N–H and O–H groups in total. The number of aryl methyl sites for hydroxylation is 1. The number of nitrogens with zero attached hydrogens (tertiary/aromatic N) is 1. The second-order valence-corrected chi connectivity index (χ2v) is 6.95. The van der Waals surface area contributed by atoms with Crippen molar-refractivity contribution in [2.45, 2.75) is 19.8 Å². The molecule has 0 radical (unpaired) electrons. The molecule has 0 saturated carbocycles. The zero-order valence-electron chi connectivity index (χ0n) is 16.3. The molecule has 6 heteroatoms. The van der Waals surface area contributed by atoms with Crippen LogP contribution in [0.25, 0.3) is 0 Å². The normalized spacial score (nSPS) is 14.4. The summed E-state index contributed by atoms with van der Waals surface area (Å²) in [5, 5.41) is 2.97. The van der Waals surface area contributed by atoms with Crippen LogP contribution in [0.15, 0.2) is 48.5 Å². The zero-order chi connectivity index (χ0) is 19.9. The number of carbonyl (C=O) groups is 2. The molecule has 1 fully saturated rings. The Morgan fingerprint density at radius 2 is 1.79 bits per heavy atom. The standard InChI is InChI=1S/C22H26N2O4/c1-16-6-5-7-18(14-16)23-22(26)17-10-12-24(13-11-17)21(25)15-28-20-9-4-3-8-19(20)27-2/h3-9,14,17H,10-13,15H2,1-2H3,(H,23,26). The van der Waals surface area contributed by atoms with Crippen LogP contribution in [0, 0.1) is 12.8 Å². The maximum absolute atomic E-state index is 12.5. The van der Waals surface area contributed by atoms with Crippen LogP contribution >= 0.6 is 0 Å². The number of nitrogens with one attached hydrogen (secondary N) is 1. The van der Waals surface area contributed by atoms with Gasteiger partial charge < -0.3 is 19.7 Å². The van der Waals surface area contributed by atoms with Crippen LogP contribution in [0.3, 0.4) is 0 Å². The van der Waals surface area contributed by atoms with Gasteiger partial charge in [0, 0.05) is 24.7 Å². The van der Waals surface area contributed by atoms with Crippen molar-refractivity contribution in [3.63, 3.8) is 0 Å². The summed E-state index contributed by atoms with van der Waals surface area (Å²) in [6.45, 7) is 3.06. The second-order valence-electron chi connectivity index (χ2n) is 6.95. The molecular formula is C22H26N2O4. The highest BCUT2D eigenvalue weighted by Gasteiger charge is 2.27. The largest absolute Gasteiger partial charge is 0.493 e. The first-order valence-corrected chi connectivity index (χ1v) is 9.48. The quantitative estimate of drug-likeness (QED) is 0.833. The van der Waals surface area contributed by atoms with E-state index in [9.17, 15) is 9.59 Å². The Morgan fingerprint density at radius 3 is 2.46 bits per heavy atom. The molecule has 148 valence electrons. The monoisotopic (exact) mass is 382 g/mol. The fourth-order valence-electron chi connectivity index (χ4n) is 3.33. The zero-order valence-corrected chi connectivity index (χ0v) is 16.3. The SMILES string of the molecule is COc1ccccc1OCC(=O)N1CCC(C(=O)Nc2cccc(C)c2)CC1. The lowest BCUT2D eigenvalue weighted by Crippen LogP contribution is -2.43. The number of piperidine rings is 1. The molecule has 28 heavy (non-hydrogen) atoms. The average molecular weight is 382 g/mol. The lowest BCUT2D eigenvalue weighted by atomic mass is 9.95. The van der Waals surface area contributed by atoms with Crippen LogP contribution in [0.2, 0.25) is 0 Å². The Hall–Kier alpha value is -3.02. The van der Waals surface area contributed by atoms with Crippen molar-refractivity contribution in [1.29, 1.82) is 0 Å². The molecule has 0 aromatic heterocycles. The van der Waals surface area contributed by atoms with Crippen LogP contribution in [0.5, 0.6) is 11.5 Å². The molecule has 0 atom stereocenters. The highest BCUT2D eigenvalue weighted by Crippen LogP contribution is 2.26. The van der Waals surface area contributed by atoms with Crippen molar-refractivity contribution in [3.8, 4) is 11.5 Å². The van der Waals surface area contributed by atoms with Gasteiger partial charge in [0.05, 0.1) is 7.11 Å². The lowest BCUT2D eigenvalue weighted by Gasteiger charge is -2.31. The summed E-state index contributed by atoms with van der Waals surface area (Å²) in [6.07, 6.45) is 1.30. The minimum atomic E-state index is -0.0836. The minimum Gasteiger partial charge on any atom is -0.493 e. The van der Waals surface area contributed by atoms with Gasteiger partial charge in [-0.3, -0.25) is 9.59 Å². The summed E-state index contributed by atoms with van der Waals surface area (Å²) in [6, 6.07) is 15.0. The van der Waals surface area contributed by atoms with Gasteiger partial charge in [-0.15, -0.1) is 0 Å². The van der Waals surface area contributed by atoms with Gasteiger partial charge in [-0.1, -0.05) is 24.3 Å². The van der Waals surface area contributed by atoms with E-state index in [4.69, 9.17) is 9.47 Å². The predicted molar refractivity (Wildman–Crippen MR) is 108 cm³/mol. The second kappa shape index (κ2) is 9.26. The number of carbonyl (C=O) groups excluding carboxylic acids is 2. The number of anilines is 1.